The number of amides is 3. The van der Waals surface area contributed by atoms with Crippen LogP contribution in [0.5, 0.6) is 5.75 Å². The number of ether oxygens (including phenoxy) is 1. The summed E-state index contributed by atoms with van der Waals surface area (Å²) < 4.78 is 33.9. The predicted octanol–water partition coefficient (Wildman–Crippen LogP) is 5.28. The van der Waals surface area contributed by atoms with E-state index in [2.05, 4.69) is 4.98 Å². The van der Waals surface area contributed by atoms with Gasteiger partial charge in [-0.25, -0.2) is 18.5 Å². The average molecular weight is 473 g/mol. The summed E-state index contributed by atoms with van der Waals surface area (Å²) in [5.74, 6) is -2.01. The molecule has 0 bridgehead atoms. The molecular formula is C27H21F2N3O3. The summed E-state index contributed by atoms with van der Waals surface area (Å²) in [4.78, 5) is 33.2. The van der Waals surface area contributed by atoms with E-state index in [1.807, 2.05) is 48.5 Å². The summed E-state index contributed by atoms with van der Waals surface area (Å²) in [6.45, 7) is 1.84. The predicted molar refractivity (Wildman–Crippen MR) is 126 cm³/mol. The Bertz CT molecular complexity index is 1530. The van der Waals surface area contributed by atoms with Gasteiger partial charge >= 0.3 is 6.03 Å². The molecule has 0 aliphatic carbocycles. The van der Waals surface area contributed by atoms with E-state index in [0.717, 1.165) is 39.1 Å². The molecule has 3 heterocycles. The van der Waals surface area contributed by atoms with Crippen molar-refractivity contribution in [1.82, 2.24) is 9.88 Å². The first-order valence-corrected chi connectivity index (χ1v) is 11.2. The zero-order chi connectivity index (χ0) is 24.5. The molecule has 1 N–H and O–H groups in total. The number of para-hydroxylation sites is 2. The minimum atomic E-state index is -1.40. The van der Waals surface area contributed by atoms with E-state index < -0.39 is 29.1 Å². The lowest BCUT2D eigenvalue weighted by Crippen LogP contribution is -2.50. The van der Waals surface area contributed by atoms with Gasteiger partial charge in [0.2, 0.25) is 0 Å². The lowest BCUT2D eigenvalue weighted by molar-refractivity contribution is -0.125. The Morgan fingerprint density at radius 1 is 1.03 bits per heavy atom. The summed E-state index contributed by atoms with van der Waals surface area (Å²) in [5, 5.41) is 0.936. The van der Waals surface area contributed by atoms with Gasteiger partial charge in [0.05, 0.1) is 18.5 Å². The number of rotatable bonds is 3. The number of hydrogen-bond acceptors (Lipinski definition) is 3. The lowest BCUT2D eigenvalue weighted by Gasteiger charge is -2.40. The number of nitrogens with one attached hydrogen (secondary N) is 1. The molecule has 0 saturated carbocycles. The second kappa shape index (κ2) is 7.40. The van der Waals surface area contributed by atoms with Gasteiger partial charge < -0.3 is 14.6 Å². The van der Waals surface area contributed by atoms with Gasteiger partial charge in [0.25, 0.3) is 5.91 Å². The highest BCUT2D eigenvalue weighted by atomic mass is 19.1. The second-order valence-corrected chi connectivity index (χ2v) is 8.96. The zero-order valence-corrected chi connectivity index (χ0v) is 19.0. The van der Waals surface area contributed by atoms with Gasteiger partial charge in [-0.1, -0.05) is 36.4 Å². The molecule has 0 unspecified atom stereocenters. The van der Waals surface area contributed by atoms with Crippen LogP contribution in [-0.4, -0.2) is 35.5 Å². The van der Waals surface area contributed by atoms with Crippen molar-refractivity contribution in [3.05, 3.63) is 95.2 Å². The number of fused-ring (bicyclic) bond motifs is 5. The maximum atomic E-state index is 14.7. The fourth-order valence-corrected chi connectivity index (χ4v) is 5.50. The number of urea groups is 1. The quantitative estimate of drug-likeness (QED) is 0.412. The molecule has 6 rings (SSSR count). The van der Waals surface area contributed by atoms with Crippen molar-refractivity contribution in [2.45, 2.75) is 18.4 Å². The van der Waals surface area contributed by atoms with Crippen LogP contribution in [0.25, 0.3) is 10.9 Å². The first-order chi connectivity index (χ1) is 16.9. The Hall–Kier alpha value is -4.20. The van der Waals surface area contributed by atoms with E-state index in [0.29, 0.717) is 17.5 Å². The first kappa shape index (κ1) is 21.3. The highest BCUT2D eigenvalue weighted by molar-refractivity contribution is 6.23. The van der Waals surface area contributed by atoms with Crippen LogP contribution in [0.15, 0.2) is 66.7 Å². The molecule has 2 aliphatic rings. The summed E-state index contributed by atoms with van der Waals surface area (Å²) >= 11 is 0. The highest BCUT2D eigenvalue weighted by Gasteiger charge is 2.61. The third-order valence-corrected chi connectivity index (χ3v) is 7.19. The largest absolute Gasteiger partial charge is 0.496 e. The van der Waals surface area contributed by atoms with E-state index in [1.165, 1.54) is 4.90 Å². The van der Waals surface area contributed by atoms with Crippen molar-refractivity contribution in [2.24, 2.45) is 0 Å². The van der Waals surface area contributed by atoms with Crippen LogP contribution in [0.1, 0.15) is 29.7 Å². The average Bonchev–Trinajstić information content (AvgIpc) is 3.34. The summed E-state index contributed by atoms with van der Waals surface area (Å²) in [7, 11) is 1.59. The lowest BCUT2D eigenvalue weighted by atomic mass is 9.78. The zero-order valence-electron chi connectivity index (χ0n) is 19.0. The number of anilines is 1. The number of carbonyl (C=O) groups excluding carboxylic acids is 2. The van der Waals surface area contributed by atoms with Crippen LogP contribution < -0.4 is 9.64 Å². The van der Waals surface area contributed by atoms with Crippen molar-refractivity contribution < 1.29 is 23.1 Å². The van der Waals surface area contributed by atoms with Crippen LogP contribution in [-0.2, 0) is 10.3 Å². The molecule has 176 valence electrons. The van der Waals surface area contributed by atoms with Crippen LogP contribution in [0.4, 0.5) is 19.3 Å². The fourth-order valence-electron chi connectivity index (χ4n) is 5.50. The molecule has 1 aromatic heterocycles. The fraction of sp³-hybridized carbons (Fsp3) is 0.185. The van der Waals surface area contributed by atoms with E-state index in [9.17, 15) is 18.4 Å². The number of benzene rings is 3. The molecule has 2 atom stereocenters. The Kier molecular flexibility index (Phi) is 4.51. The molecule has 6 nitrogen and oxygen atoms in total. The van der Waals surface area contributed by atoms with Gasteiger partial charge in [0, 0.05) is 35.0 Å². The number of H-pyrrole nitrogens is 1. The Labute approximate surface area is 199 Å². The van der Waals surface area contributed by atoms with Gasteiger partial charge in [-0.2, -0.15) is 0 Å². The Morgan fingerprint density at radius 3 is 2.54 bits per heavy atom. The number of carbonyl (C=O) groups is 2. The van der Waals surface area contributed by atoms with E-state index in [1.54, 1.807) is 14.0 Å². The molecule has 1 saturated heterocycles. The van der Waals surface area contributed by atoms with Gasteiger partial charge in [0.1, 0.15) is 17.4 Å². The minimum Gasteiger partial charge on any atom is -0.496 e. The van der Waals surface area contributed by atoms with Gasteiger partial charge in [0.15, 0.2) is 5.54 Å². The van der Waals surface area contributed by atoms with E-state index >= 15 is 0 Å². The van der Waals surface area contributed by atoms with Gasteiger partial charge in [-0.05, 0) is 36.8 Å². The molecule has 0 radical (unpaired) electrons. The number of aromatic nitrogens is 1. The van der Waals surface area contributed by atoms with Crippen LogP contribution >= 0.6 is 0 Å². The number of methoxy groups -OCH3 is 1. The number of nitrogens with zero attached hydrogens (tertiary/aromatic N) is 2. The molecule has 35 heavy (non-hydrogen) atoms. The molecule has 8 heteroatoms. The number of hydrogen-bond donors (Lipinski definition) is 1. The topological polar surface area (TPSA) is 65.6 Å². The molecule has 0 spiro atoms. The summed E-state index contributed by atoms with van der Waals surface area (Å²) in [5.41, 5.74) is 1.49. The maximum absolute atomic E-state index is 14.7. The van der Waals surface area contributed by atoms with Gasteiger partial charge in [-0.3, -0.25) is 4.79 Å². The smallest absolute Gasteiger partial charge is 0.332 e. The van der Waals surface area contributed by atoms with Crippen molar-refractivity contribution in [2.75, 3.05) is 18.6 Å². The number of aromatic amines is 1. The minimum absolute atomic E-state index is 0.176. The second-order valence-electron chi connectivity index (χ2n) is 8.96. The monoisotopic (exact) mass is 473 g/mol. The van der Waals surface area contributed by atoms with Crippen molar-refractivity contribution in [1.29, 1.82) is 0 Å². The Balaban J connectivity index is 1.60. The third-order valence-electron chi connectivity index (χ3n) is 7.19. The van der Waals surface area contributed by atoms with Crippen molar-refractivity contribution in [3.8, 4) is 5.75 Å². The molecule has 3 amide bonds. The number of imide groups is 1. The first-order valence-electron chi connectivity index (χ1n) is 11.2. The van der Waals surface area contributed by atoms with Crippen LogP contribution in [0, 0.1) is 11.6 Å². The highest BCUT2D eigenvalue weighted by Crippen LogP contribution is 2.51. The van der Waals surface area contributed by atoms with Crippen LogP contribution in [0.3, 0.4) is 0 Å². The van der Waals surface area contributed by atoms with E-state index in [-0.39, 0.29) is 18.2 Å². The number of halogens is 2. The Morgan fingerprint density at radius 2 is 1.77 bits per heavy atom. The molecule has 1 fully saturated rings. The SMILES string of the molecule is COc1ccccc1[C@@H]1CN2C(=O)N(c3ccc(F)cc3F)C(=O)[C@]2(C)c2[nH]c3ccccc3c21. The van der Waals surface area contributed by atoms with Gasteiger partial charge in [-0.15, -0.1) is 0 Å². The summed E-state index contributed by atoms with van der Waals surface area (Å²) in [6, 6.07) is 17.4. The molecular weight excluding hydrogens is 452 g/mol. The molecule has 4 aromatic rings. The van der Waals surface area contributed by atoms with Crippen LogP contribution in [0.2, 0.25) is 0 Å². The van der Waals surface area contributed by atoms with Crippen molar-refractivity contribution >= 4 is 28.5 Å². The maximum Gasteiger partial charge on any atom is 0.332 e. The molecule has 2 aliphatic heterocycles. The van der Waals surface area contributed by atoms with Crippen molar-refractivity contribution in [3.63, 3.8) is 0 Å². The normalized spacial score (nSPS) is 21.4. The molecule has 3 aromatic carbocycles. The third kappa shape index (κ3) is 2.79. The van der Waals surface area contributed by atoms with E-state index in [4.69, 9.17) is 4.74 Å². The summed E-state index contributed by atoms with van der Waals surface area (Å²) in [6.07, 6.45) is 0. The standard InChI is InChI=1S/C27H21F2N3O3/c1-27-24-23(17-8-3-5-9-20(17)30-24)18(16-7-4-6-10-22(16)35-2)14-31(27)26(34)32(25(27)33)21-12-11-15(28)13-19(21)29/h3-13,18,30H,14H2,1-2H3/t18-,27-/m0/s1.